The van der Waals surface area contributed by atoms with Crippen molar-refractivity contribution in [1.29, 1.82) is 0 Å². The highest BCUT2D eigenvalue weighted by Crippen LogP contribution is 2.29. The molecule has 2 rings (SSSR count). The fraction of sp³-hybridized carbons (Fsp3) is 0.462. The minimum absolute atomic E-state index is 0.591. The van der Waals surface area contributed by atoms with Crippen molar-refractivity contribution in [3.05, 3.63) is 33.8 Å². The lowest BCUT2D eigenvalue weighted by Crippen LogP contribution is -2.42. The summed E-state index contributed by atoms with van der Waals surface area (Å²) in [6.45, 7) is 4.47. The Kier molecular flexibility index (Phi) is 4.37. The number of morpholine rings is 1. The van der Waals surface area contributed by atoms with Crippen molar-refractivity contribution in [2.24, 2.45) is 0 Å². The van der Waals surface area contributed by atoms with Crippen molar-refractivity contribution < 1.29 is 14.6 Å². The van der Waals surface area contributed by atoms with Gasteiger partial charge >= 0.3 is 5.97 Å². The topological polar surface area (TPSA) is 49.8 Å². The first kappa shape index (κ1) is 13.5. The maximum atomic E-state index is 11.5. The van der Waals surface area contributed by atoms with Gasteiger partial charge in [-0.15, -0.1) is 0 Å². The van der Waals surface area contributed by atoms with Crippen LogP contribution in [0.1, 0.15) is 17.2 Å². The zero-order valence-corrected chi connectivity index (χ0v) is 11.8. The van der Waals surface area contributed by atoms with Gasteiger partial charge < -0.3 is 9.84 Å². The predicted octanol–water partition coefficient (Wildman–Crippen LogP) is 2.22. The summed E-state index contributed by atoms with van der Waals surface area (Å²) in [5, 5.41) is 9.47. The van der Waals surface area contributed by atoms with E-state index in [2.05, 4.69) is 15.9 Å². The largest absolute Gasteiger partial charge is 0.480 e. The van der Waals surface area contributed by atoms with E-state index < -0.39 is 12.0 Å². The maximum Gasteiger partial charge on any atom is 0.325 e. The van der Waals surface area contributed by atoms with E-state index in [1.807, 2.05) is 30.0 Å². The van der Waals surface area contributed by atoms with E-state index in [1.165, 1.54) is 0 Å². The minimum atomic E-state index is -0.818. The van der Waals surface area contributed by atoms with Crippen LogP contribution in [-0.4, -0.2) is 42.3 Å². The number of hydrogen-bond donors (Lipinski definition) is 1. The molecule has 1 N–H and O–H groups in total. The van der Waals surface area contributed by atoms with Gasteiger partial charge in [0.1, 0.15) is 6.04 Å². The van der Waals surface area contributed by atoms with Crippen LogP contribution in [0.4, 0.5) is 0 Å². The summed E-state index contributed by atoms with van der Waals surface area (Å²) in [7, 11) is 0. The SMILES string of the molecule is Cc1ccc(C(C(=O)O)N2CCOCC2)c(Br)c1. The van der Waals surface area contributed by atoms with Crippen molar-refractivity contribution in [3.8, 4) is 0 Å². The summed E-state index contributed by atoms with van der Waals surface area (Å²) in [6.07, 6.45) is 0. The van der Waals surface area contributed by atoms with Gasteiger partial charge in [-0.3, -0.25) is 9.69 Å². The highest BCUT2D eigenvalue weighted by molar-refractivity contribution is 9.10. The zero-order valence-electron chi connectivity index (χ0n) is 10.2. The summed E-state index contributed by atoms with van der Waals surface area (Å²) in [5.41, 5.74) is 1.91. The third-order valence-corrected chi connectivity index (χ3v) is 3.78. The normalized spacial score (nSPS) is 18.6. The molecule has 0 saturated carbocycles. The molecular weight excluding hydrogens is 298 g/mol. The zero-order chi connectivity index (χ0) is 13.1. The fourth-order valence-electron chi connectivity index (χ4n) is 2.18. The molecule has 0 amide bonds. The summed E-state index contributed by atoms with van der Waals surface area (Å²) in [4.78, 5) is 13.5. The Morgan fingerprint density at radius 1 is 1.44 bits per heavy atom. The third kappa shape index (κ3) is 2.91. The molecule has 0 aromatic heterocycles. The van der Waals surface area contributed by atoms with E-state index in [1.54, 1.807) is 0 Å². The van der Waals surface area contributed by atoms with E-state index in [0.717, 1.165) is 15.6 Å². The fourth-order valence-corrected chi connectivity index (χ4v) is 2.89. The number of benzene rings is 1. The van der Waals surface area contributed by atoms with E-state index in [-0.39, 0.29) is 0 Å². The summed E-state index contributed by atoms with van der Waals surface area (Å²) in [6, 6.07) is 5.17. The first-order valence-electron chi connectivity index (χ1n) is 5.90. The Morgan fingerprint density at radius 3 is 2.67 bits per heavy atom. The van der Waals surface area contributed by atoms with Gasteiger partial charge in [-0.2, -0.15) is 0 Å². The number of ether oxygens (including phenoxy) is 1. The van der Waals surface area contributed by atoms with Crippen LogP contribution in [0, 0.1) is 6.92 Å². The van der Waals surface area contributed by atoms with E-state index >= 15 is 0 Å². The number of rotatable bonds is 3. The molecule has 1 aliphatic rings. The van der Waals surface area contributed by atoms with Crippen LogP contribution in [0.15, 0.2) is 22.7 Å². The number of carboxylic acids is 1. The number of nitrogens with zero attached hydrogens (tertiary/aromatic N) is 1. The highest BCUT2D eigenvalue weighted by Gasteiger charge is 2.30. The van der Waals surface area contributed by atoms with Gasteiger partial charge in [0.05, 0.1) is 13.2 Å². The molecule has 0 aliphatic carbocycles. The van der Waals surface area contributed by atoms with Crippen molar-refractivity contribution in [1.82, 2.24) is 4.90 Å². The third-order valence-electron chi connectivity index (χ3n) is 3.10. The molecule has 1 aromatic carbocycles. The number of halogens is 1. The molecule has 0 radical (unpaired) electrons. The molecule has 5 heteroatoms. The van der Waals surface area contributed by atoms with Crippen molar-refractivity contribution in [3.63, 3.8) is 0 Å². The second-order valence-electron chi connectivity index (χ2n) is 4.41. The molecule has 1 fully saturated rings. The highest BCUT2D eigenvalue weighted by atomic mass is 79.9. The first-order valence-corrected chi connectivity index (χ1v) is 6.69. The first-order chi connectivity index (χ1) is 8.59. The van der Waals surface area contributed by atoms with Gasteiger partial charge in [0, 0.05) is 17.6 Å². The van der Waals surface area contributed by atoms with Crippen molar-refractivity contribution in [2.45, 2.75) is 13.0 Å². The summed E-state index contributed by atoms with van der Waals surface area (Å²) >= 11 is 3.46. The average molecular weight is 314 g/mol. The number of aryl methyl sites for hydroxylation is 1. The van der Waals surface area contributed by atoms with E-state index in [9.17, 15) is 9.90 Å². The lowest BCUT2D eigenvalue weighted by atomic mass is 10.0. The van der Waals surface area contributed by atoms with Crippen molar-refractivity contribution in [2.75, 3.05) is 26.3 Å². The number of carboxylic acid groups (broad SMARTS) is 1. The van der Waals surface area contributed by atoms with Crippen molar-refractivity contribution >= 4 is 21.9 Å². The van der Waals surface area contributed by atoms with Gasteiger partial charge in [0.15, 0.2) is 0 Å². The molecule has 1 saturated heterocycles. The Morgan fingerprint density at radius 2 is 2.11 bits per heavy atom. The monoisotopic (exact) mass is 313 g/mol. The second-order valence-corrected chi connectivity index (χ2v) is 5.27. The molecule has 1 atom stereocenters. The standard InChI is InChI=1S/C13H16BrNO3/c1-9-2-3-10(11(14)8-9)12(13(16)17)15-4-6-18-7-5-15/h2-3,8,12H,4-7H2,1H3,(H,16,17). The Hall–Kier alpha value is -0.910. The second kappa shape index (κ2) is 5.82. The van der Waals surface area contributed by atoms with Gasteiger partial charge in [0.2, 0.25) is 0 Å². The number of aliphatic carboxylic acids is 1. The van der Waals surface area contributed by atoms with E-state index in [4.69, 9.17) is 4.74 Å². The molecule has 0 spiro atoms. The van der Waals surface area contributed by atoms with Crippen LogP contribution in [-0.2, 0) is 9.53 Å². The molecule has 1 aromatic rings. The maximum absolute atomic E-state index is 11.5. The van der Waals surface area contributed by atoms with Crippen LogP contribution in [0.5, 0.6) is 0 Å². The van der Waals surface area contributed by atoms with Crippen LogP contribution in [0.25, 0.3) is 0 Å². The average Bonchev–Trinajstić information content (AvgIpc) is 2.33. The van der Waals surface area contributed by atoms with E-state index in [0.29, 0.717) is 26.3 Å². The molecule has 18 heavy (non-hydrogen) atoms. The Balaban J connectivity index is 2.31. The Bertz CT molecular complexity index is 444. The summed E-state index contributed by atoms with van der Waals surface area (Å²) < 4.78 is 6.12. The number of hydrogen-bond acceptors (Lipinski definition) is 3. The van der Waals surface area contributed by atoms with Gasteiger partial charge in [0.25, 0.3) is 0 Å². The molecule has 1 unspecified atom stereocenters. The number of carbonyl (C=O) groups is 1. The van der Waals surface area contributed by atoms with Gasteiger partial charge in [-0.25, -0.2) is 0 Å². The Labute approximate surface area is 115 Å². The lowest BCUT2D eigenvalue weighted by Gasteiger charge is -2.32. The summed E-state index contributed by atoms with van der Waals surface area (Å²) in [5.74, 6) is -0.818. The molecule has 1 aliphatic heterocycles. The van der Waals surface area contributed by atoms with Gasteiger partial charge in [-0.05, 0) is 24.1 Å². The predicted molar refractivity (Wildman–Crippen MR) is 71.6 cm³/mol. The molecule has 0 bridgehead atoms. The smallest absolute Gasteiger partial charge is 0.325 e. The van der Waals surface area contributed by atoms with Crippen LogP contribution < -0.4 is 0 Å². The molecule has 4 nitrogen and oxygen atoms in total. The van der Waals surface area contributed by atoms with Crippen LogP contribution in [0.3, 0.4) is 0 Å². The minimum Gasteiger partial charge on any atom is -0.480 e. The molecular formula is C13H16BrNO3. The lowest BCUT2D eigenvalue weighted by molar-refractivity contribution is -0.145. The van der Waals surface area contributed by atoms with Gasteiger partial charge in [-0.1, -0.05) is 28.1 Å². The van der Waals surface area contributed by atoms with Crippen LogP contribution in [0.2, 0.25) is 0 Å². The quantitative estimate of drug-likeness (QED) is 0.929. The molecule has 1 heterocycles. The molecule has 98 valence electrons. The van der Waals surface area contributed by atoms with Crippen LogP contribution >= 0.6 is 15.9 Å².